The number of rotatable bonds is 3. The van der Waals surface area contributed by atoms with Crippen molar-refractivity contribution >= 4 is 5.91 Å². The van der Waals surface area contributed by atoms with E-state index in [2.05, 4.69) is 10.3 Å². The SMILES string of the molecule is C[C@@H](NC(=O)C1COCC1N)c1cccnc1. The van der Waals surface area contributed by atoms with Crippen LogP contribution in [0, 0.1) is 5.92 Å². The van der Waals surface area contributed by atoms with Gasteiger partial charge < -0.3 is 15.8 Å². The van der Waals surface area contributed by atoms with Gasteiger partial charge in [-0.3, -0.25) is 9.78 Å². The summed E-state index contributed by atoms with van der Waals surface area (Å²) in [5.74, 6) is -0.291. The van der Waals surface area contributed by atoms with E-state index in [-0.39, 0.29) is 23.9 Å². The second-order valence-electron chi connectivity index (χ2n) is 4.32. The van der Waals surface area contributed by atoms with Crippen molar-refractivity contribution < 1.29 is 9.53 Å². The van der Waals surface area contributed by atoms with Crippen molar-refractivity contribution in [3.8, 4) is 0 Å². The monoisotopic (exact) mass is 235 g/mol. The van der Waals surface area contributed by atoms with E-state index >= 15 is 0 Å². The highest BCUT2D eigenvalue weighted by Crippen LogP contribution is 2.15. The van der Waals surface area contributed by atoms with E-state index in [4.69, 9.17) is 10.5 Å². The minimum atomic E-state index is -0.242. The lowest BCUT2D eigenvalue weighted by Crippen LogP contribution is -2.41. The summed E-state index contributed by atoms with van der Waals surface area (Å²) in [5, 5.41) is 2.93. The van der Waals surface area contributed by atoms with Crippen LogP contribution in [0.1, 0.15) is 18.5 Å². The van der Waals surface area contributed by atoms with Crippen LogP contribution in [0.2, 0.25) is 0 Å². The summed E-state index contributed by atoms with van der Waals surface area (Å²) in [5.41, 5.74) is 6.78. The molecule has 0 aliphatic carbocycles. The molecule has 0 bridgehead atoms. The molecule has 1 aromatic rings. The van der Waals surface area contributed by atoms with Crippen molar-refractivity contribution in [2.24, 2.45) is 11.7 Å². The summed E-state index contributed by atoms with van der Waals surface area (Å²) in [4.78, 5) is 16.0. The molecule has 0 saturated carbocycles. The van der Waals surface area contributed by atoms with Crippen molar-refractivity contribution in [2.75, 3.05) is 13.2 Å². The predicted molar refractivity (Wildman–Crippen MR) is 63.1 cm³/mol. The normalized spacial score (nSPS) is 25.5. The van der Waals surface area contributed by atoms with Crippen LogP contribution in [0.3, 0.4) is 0 Å². The Morgan fingerprint density at radius 2 is 2.47 bits per heavy atom. The highest BCUT2D eigenvalue weighted by molar-refractivity contribution is 5.80. The zero-order chi connectivity index (χ0) is 12.3. The van der Waals surface area contributed by atoms with Crippen LogP contribution in [0.25, 0.3) is 0 Å². The molecule has 5 heteroatoms. The first-order chi connectivity index (χ1) is 8.18. The first kappa shape index (κ1) is 12.0. The highest BCUT2D eigenvalue weighted by Gasteiger charge is 2.31. The van der Waals surface area contributed by atoms with Gasteiger partial charge in [0.05, 0.1) is 25.2 Å². The zero-order valence-electron chi connectivity index (χ0n) is 9.80. The van der Waals surface area contributed by atoms with Gasteiger partial charge in [-0.05, 0) is 18.6 Å². The van der Waals surface area contributed by atoms with Gasteiger partial charge in [-0.15, -0.1) is 0 Å². The molecule has 1 amide bonds. The van der Waals surface area contributed by atoms with Crippen LogP contribution in [-0.2, 0) is 9.53 Å². The molecule has 3 atom stereocenters. The Hall–Kier alpha value is -1.46. The average Bonchev–Trinajstić information content (AvgIpc) is 2.76. The Morgan fingerprint density at radius 3 is 3.06 bits per heavy atom. The van der Waals surface area contributed by atoms with E-state index in [1.54, 1.807) is 12.4 Å². The van der Waals surface area contributed by atoms with Crippen molar-refractivity contribution in [3.63, 3.8) is 0 Å². The van der Waals surface area contributed by atoms with Crippen molar-refractivity contribution in [1.29, 1.82) is 0 Å². The van der Waals surface area contributed by atoms with Crippen LogP contribution in [-0.4, -0.2) is 30.1 Å². The second-order valence-corrected chi connectivity index (χ2v) is 4.32. The van der Waals surface area contributed by atoms with E-state index in [9.17, 15) is 4.79 Å². The maximum absolute atomic E-state index is 11.9. The number of nitrogens with two attached hydrogens (primary N) is 1. The number of hydrogen-bond donors (Lipinski definition) is 2. The summed E-state index contributed by atoms with van der Waals surface area (Å²) >= 11 is 0. The molecule has 2 unspecified atom stereocenters. The number of hydrogen-bond acceptors (Lipinski definition) is 4. The van der Waals surface area contributed by atoms with E-state index in [0.29, 0.717) is 13.2 Å². The maximum atomic E-state index is 11.9. The van der Waals surface area contributed by atoms with E-state index in [1.165, 1.54) is 0 Å². The lowest BCUT2D eigenvalue weighted by Gasteiger charge is -2.18. The molecule has 3 N–H and O–H groups in total. The molecule has 0 radical (unpaired) electrons. The van der Waals surface area contributed by atoms with Gasteiger partial charge in [0.1, 0.15) is 0 Å². The van der Waals surface area contributed by atoms with Gasteiger partial charge >= 0.3 is 0 Å². The topological polar surface area (TPSA) is 77.2 Å². The number of aromatic nitrogens is 1. The standard InChI is InChI=1S/C12H17N3O2/c1-8(9-3-2-4-14-5-9)15-12(16)10-6-17-7-11(10)13/h2-5,8,10-11H,6-7,13H2,1H3,(H,15,16)/t8-,10?,11?/m1/s1. The Bertz CT molecular complexity index is 383. The third kappa shape index (κ3) is 2.81. The molecule has 2 heterocycles. The molecular formula is C12H17N3O2. The third-order valence-electron chi connectivity index (χ3n) is 3.00. The van der Waals surface area contributed by atoms with E-state index in [0.717, 1.165) is 5.56 Å². The molecule has 5 nitrogen and oxygen atoms in total. The quantitative estimate of drug-likeness (QED) is 0.786. The van der Waals surface area contributed by atoms with Crippen LogP contribution in [0.15, 0.2) is 24.5 Å². The minimum absolute atomic E-state index is 0.0497. The molecule has 1 fully saturated rings. The molecular weight excluding hydrogens is 218 g/mol. The number of nitrogens with zero attached hydrogens (tertiary/aromatic N) is 1. The number of carbonyl (C=O) groups is 1. The molecule has 1 saturated heterocycles. The fraction of sp³-hybridized carbons (Fsp3) is 0.500. The number of carbonyl (C=O) groups excluding carboxylic acids is 1. The van der Waals surface area contributed by atoms with Crippen molar-refractivity contribution in [3.05, 3.63) is 30.1 Å². The average molecular weight is 235 g/mol. The van der Waals surface area contributed by atoms with Crippen LogP contribution < -0.4 is 11.1 Å². The van der Waals surface area contributed by atoms with Gasteiger partial charge in [0.2, 0.25) is 5.91 Å². The summed E-state index contributed by atoms with van der Waals surface area (Å²) in [7, 11) is 0. The smallest absolute Gasteiger partial charge is 0.227 e. The lowest BCUT2D eigenvalue weighted by atomic mass is 10.0. The molecule has 0 aromatic carbocycles. The van der Waals surface area contributed by atoms with E-state index < -0.39 is 0 Å². The molecule has 1 aliphatic heterocycles. The molecule has 17 heavy (non-hydrogen) atoms. The Balaban J connectivity index is 1.95. The lowest BCUT2D eigenvalue weighted by molar-refractivity contribution is -0.125. The maximum Gasteiger partial charge on any atom is 0.227 e. The fourth-order valence-corrected chi connectivity index (χ4v) is 1.88. The summed E-state index contributed by atoms with van der Waals surface area (Å²) in [6, 6.07) is 3.52. The van der Waals surface area contributed by atoms with Gasteiger partial charge in [-0.25, -0.2) is 0 Å². The van der Waals surface area contributed by atoms with Gasteiger partial charge in [0, 0.05) is 18.4 Å². The summed E-state index contributed by atoms with van der Waals surface area (Å²) in [6.45, 7) is 2.79. The Labute approximate surface area is 100 Å². The van der Waals surface area contributed by atoms with Crippen molar-refractivity contribution in [1.82, 2.24) is 10.3 Å². The summed E-state index contributed by atoms with van der Waals surface area (Å²) < 4.78 is 5.18. The zero-order valence-corrected chi connectivity index (χ0v) is 9.80. The highest BCUT2D eigenvalue weighted by atomic mass is 16.5. The van der Waals surface area contributed by atoms with Crippen LogP contribution in [0.5, 0.6) is 0 Å². The second kappa shape index (κ2) is 5.25. The number of ether oxygens (including phenoxy) is 1. The molecule has 0 spiro atoms. The first-order valence-corrected chi connectivity index (χ1v) is 5.72. The molecule has 92 valence electrons. The van der Waals surface area contributed by atoms with Crippen LogP contribution >= 0.6 is 0 Å². The predicted octanol–water partition coefficient (Wildman–Crippen LogP) is 0.233. The molecule has 1 aliphatic rings. The largest absolute Gasteiger partial charge is 0.379 e. The molecule has 1 aromatic heterocycles. The Morgan fingerprint density at radius 1 is 1.65 bits per heavy atom. The van der Waals surface area contributed by atoms with Gasteiger partial charge in [0.15, 0.2) is 0 Å². The van der Waals surface area contributed by atoms with Gasteiger partial charge in [-0.1, -0.05) is 6.07 Å². The summed E-state index contributed by atoms with van der Waals surface area (Å²) in [6.07, 6.45) is 3.45. The first-order valence-electron chi connectivity index (χ1n) is 5.72. The number of nitrogens with one attached hydrogen (secondary N) is 1. The fourth-order valence-electron chi connectivity index (χ4n) is 1.88. The van der Waals surface area contributed by atoms with Crippen molar-refractivity contribution in [2.45, 2.75) is 19.0 Å². The van der Waals surface area contributed by atoms with Gasteiger partial charge in [-0.2, -0.15) is 0 Å². The van der Waals surface area contributed by atoms with Gasteiger partial charge in [0.25, 0.3) is 0 Å². The molecule has 2 rings (SSSR count). The minimum Gasteiger partial charge on any atom is -0.379 e. The number of amides is 1. The Kier molecular flexibility index (Phi) is 3.71. The van der Waals surface area contributed by atoms with E-state index in [1.807, 2.05) is 19.1 Å². The number of pyridine rings is 1. The third-order valence-corrected chi connectivity index (χ3v) is 3.00. The van der Waals surface area contributed by atoms with Crippen LogP contribution in [0.4, 0.5) is 0 Å².